The second kappa shape index (κ2) is 25.7. The van der Waals surface area contributed by atoms with Gasteiger partial charge in [0.05, 0.1) is 0 Å². The van der Waals surface area contributed by atoms with Gasteiger partial charge in [-0.2, -0.15) is 0 Å². The molecule has 0 aliphatic carbocycles. The highest BCUT2D eigenvalue weighted by molar-refractivity contribution is 6.36. The SMILES string of the molecule is C=CC[B]CN.F.F.F. The van der Waals surface area contributed by atoms with Crippen LogP contribution in [0.5, 0.6) is 0 Å². The summed E-state index contributed by atoms with van der Waals surface area (Å²) in [7, 11) is 1.97. The van der Waals surface area contributed by atoms with E-state index < -0.39 is 0 Å². The third kappa shape index (κ3) is 35.7. The fourth-order valence-corrected chi connectivity index (χ4v) is 0.214. The normalized spacial score (nSPS) is 5.00. The van der Waals surface area contributed by atoms with Crippen LogP contribution in [-0.2, 0) is 0 Å². The smallest absolute Gasteiger partial charge is 0.132 e. The van der Waals surface area contributed by atoms with Gasteiger partial charge in [-0.15, -0.1) is 6.58 Å². The van der Waals surface area contributed by atoms with E-state index >= 15 is 0 Å². The van der Waals surface area contributed by atoms with E-state index in [4.69, 9.17) is 5.73 Å². The van der Waals surface area contributed by atoms with E-state index in [0.29, 0.717) is 6.44 Å². The summed E-state index contributed by atoms with van der Waals surface area (Å²) in [6.45, 7) is 3.51. The standard InChI is InChI=1S/C4H9BN.3FH/c1-2-3-5-4-6;;;/h2H,1,3-4,6H2;3*1H. The van der Waals surface area contributed by atoms with E-state index in [-0.39, 0.29) is 14.1 Å². The van der Waals surface area contributed by atoms with Crippen LogP contribution >= 0.6 is 0 Å². The molecule has 0 aliphatic heterocycles. The molecule has 0 atom stereocenters. The molecule has 1 nitrogen and oxygen atoms in total. The zero-order chi connectivity index (χ0) is 4.83. The van der Waals surface area contributed by atoms with Crippen molar-refractivity contribution in [1.82, 2.24) is 0 Å². The number of nitrogens with two attached hydrogens (primary N) is 1. The van der Waals surface area contributed by atoms with Crippen LogP contribution in [0.4, 0.5) is 14.1 Å². The lowest BCUT2D eigenvalue weighted by Crippen LogP contribution is -2.06. The Labute approximate surface area is 53.7 Å². The zero-order valence-electron chi connectivity index (χ0n) is 5.08. The van der Waals surface area contributed by atoms with Crippen LogP contribution in [0.2, 0.25) is 6.32 Å². The van der Waals surface area contributed by atoms with E-state index in [1.54, 1.807) is 0 Å². The van der Waals surface area contributed by atoms with Crippen molar-refractivity contribution in [2.45, 2.75) is 6.32 Å². The summed E-state index contributed by atoms with van der Waals surface area (Å²) in [5, 5.41) is 0. The molecule has 57 valence electrons. The van der Waals surface area contributed by atoms with Gasteiger partial charge >= 0.3 is 0 Å². The molecule has 0 saturated carbocycles. The van der Waals surface area contributed by atoms with Crippen LogP contribution in [0.1, 0.15) is 0 Å². The van der Waals surface area contributed by atoms with E-state index in [1.807, 2.05) is 13.4 Å². The minimum absolute atomic E-state index is 0. The Hall–Kier alpha value is -0.445. The summed E-state index contributed by atoms with van der Waals surface area (Å²) in [6.07, 6.45) is 3.41. The molecule has 0 unspecified atom stereocenters. The maximum atomic E-state index is 5.11. The molecule has 0 spiro atoms. The van der Waals surface area contributed by atoms with Crippen LogP contribution < -0.4 is 5.73 Å². The molecule has 0 bridgehead atoms. The van der Waals surface area contributed by atoms with E-state index in [1.165, 1.54) is 0 Å². The van der Waals surface area contributed by atoms with Gasteiger partial charge in [-0.3, -0.25) is 14.1 Å². The average molecular weight is 142 g/mol. The summed E-state index contributed by atoms with van der Waals surface area (Å²) >= 11 is 0. The highest BCUT2D eigenvalue weighted by Gasteiger charge is 1.75. The van der Waals surface area contributed by atoms with Crippen molar-refractivity contribution in [2.24, 2.45) is 5.73 Å². The van der Waals surface area contributed by atoms with Crippen molar-refractivity contribution in [3.8, 4) is 0 Å². The first-order chi connectivity index (χ1) is 2.91. The van der Waals surface area contributed by atoms with Crippen LogP contribution in [-0.4, -0.2) is 13.7 Å². The summed E-state index contributed by atoms with van der Waals surface area (Å²) < 4.78 is 0. The Kier molecular flexibility index (Phi) is 67.2. The maximum Gasteiger partial charge on any atom is 0.132 e. The van der Waals surface area contributed by atoms with Crippen molar-refractivity contribution in [1.29, 1.82) is 0 Å². The summed E-state index contributed by atoms with van der Waals surface area (Å²) in [6, 6.07) is 0. The van der Waals surface area contributed by atoms with Crippen molar-refractivity contribution in [3.63, 3.8) is 0 Å². The molecular weight excluding hydrogens is 130 g/mol. The fraction of sp³-hybridized carbons (Fsp3) is 0.500. The largest absolute Gasteiger partial charge is 0.338 e. The minimum Gasteiger partial charge on any atom is -0.338 e. The van der Waals surface area contributed by atoms with Gasteiger partial charge in [-0.25, -0.2) is 0 Å². The number of hydrogen-bond donors (Lipinski definition) is 1. The number of halogens is 3. The quantitative estimate of drug-likeness (QED) is 0.349. The summed E-state index contributed by atoms with van der Waals surface area (Å²) in [5.74, 6) is 0. The number of hydrogen-bond acceptors (Lipinski definition) is 1. The Bertz CT molecular complexity index is 44.8. The summed E-state index contributed by atoms with van der Waals surface area (Å²) in [4.78, 5) is 0. The predicted octanol–water partition coefficient (Wildman–Crippen LogP) is 0.669. The van der Waals surface area contributed by atoms with Crippen molar-refractivity contribution < 1.29 is 14.1 Å². The first kappa shape index (κ1) is 23.5. The van der Waals surface area contributed by atoms with Crippen LogP contribution in [0, 0.1) is 0 Å². The Morgan fingerprint density at radius 1 is 1.33 bits per heavy atom. The highest BCUT2D eigenvalue weighted by atomic mass is 19.0. The molecular formula is C4H12BF3N. The molecule has 0 fully saturated rings. The van der Waals surface area contributed by atoms with Gasteiger partial charge < -0.3 is 5.73 Å². The number of rotatable bonds is 3. The molecule has 0 heterocycles. The zero-order valence-corrected chi connectivity index (χ0v) is 5.08. The predicted molar refractivity (Wildman–Crippen MR) is 37.3 cm³/mol. The molecule has 1 radical (unpaired) electrons. The molecule has 0 saturated heterocycles. The topological polar surface area (TPSA) is 26.0 Å². The van der Waals surface area contributed by atoms with Crippen molar-refractivity contribution in [3.05, 3.63) is 12.7 Å². The highest BCUT2D eigenvalue weighted by Crippen LogP contribution is 1.72. The lowest BCUT2D eigenvalue weighted by Gasteiger charge is -1.79. The number of allylic oxidation sites excluding steroid dienone is 1. The molecule has 2 N–H and O–H groups in total. The van der Waals surface area contributed by atoms with Gasteiger partial charge in [0.15, 0.2) is 0 Å². The fourth-order valence-electron chi connectivity index (χ4n) is 0.214. The monoisotopic (exact) mass is 142 g/mol. The van der Waals surface area contributed by atoms with Crippen LogP contribution in [0.25, 0.3) is 0 Å². The van der Waals surface area contributed by atoms with Crippen LogP contribution in [0.15, 0.2) is 12.7 Å². The van der Waals surface area contributed by atoms with Crippen molar-refractivity contribution in [2.75, 3.05) is 6.44 Å². The summed E-state index contributed by atoms with van der Waals surface area (Å²) in [5.41, 5.74) is 5.11. The average Bonchev–Trinajstić information content (AvgIpc) is 1.61. The Morgan fingerprint density at radius 3 is 1.89 bits per heavy atom. The third-order valence-corrected chi connectivity index (χ3v) is 0.500. The third-order valence-electron chi connectivity index (χ3n) is 0.500. The van der Waals surface area contributed by atoms with Crippen LogP contribution in [0.3, 0.4) is 0 Å². The van der Waals surface area contributed by atoms with Gasteiger partial charge in [0, 0.05) is 0 Å². The molecule has 5 heteroatoms. The Morgan fingerprint density at radius 2 is 1.78 bits per heavy atom. The van der Waals surface area contributed by atoms with Gasteiger partial charge in [0.1, 0.15) is 7.28 Å². The lowest BCUT2D eigenvalue weighted by atomic mass is 9.75. The van der Waals surface area contributed by atoms with E-state index in [2.05, 4.69) is 6.58 Å². The molecule has 9 heavy (non-hydrogen) atoms. The first-order valence-electron chi connectivity index (χ1n) is 2.04. The molecule has 0 aromatic heterocycles. The maximum absolute atomic E-state index is 5.11. The molecule has 0 aromatic rings. The first-order valence-corrected chi connectivity index (χ1v) is 2.04. The molecule has 0 aliphatic rings. The Balaban J connectivity index is -0.0000000417. The van der Waals surface area contributed by atoms with Gasteiger partial charge in [-0.05, 0) is 6.44 Å². The van der Waals surface area contributed by atoms with Gasteiger partial charge in [-0.1, -0.05) is 12.4 Å². The van der Waals surface area contributed by atoms with Gasteiger partial charge in [0.2, 0.25) is 0 Å². The molecule has 0 rings (SSSR count). The molecule has 0 aromatic carbocycles. The van der Waals surface area contributed by atoms with E-state index in [9.17, 15) is 0 Å². The van der Waals surface area contributed by atoms with E-state index in [0.717, 1.165) is 6.32 Å². The second-order valence-electron chi connectivity index (χ2n) is 1.05. The lowest BCUT2D eigenvalue weighted by molar-refractivity contribution is 1.11. The molecule has 0 amide bonds. The minimum atomic E-state index is 0. The van der Waals surface area contributed by atoms with Gasteiger partial charge in [0.25, 0.3) is 0 Å². The second-order valence-corrected chi connectivity index (χ2v) is 1.05. The van der Waals surface area contributed by atoms with Crippen molar-refractivity contribution >= 4 is 7.28 Å².